The van der Waals surface area contributed by atoms with Crippen LogP contribution in [0.5, 0.6) is 11.5 Å². The van der Waals surface area contributed by atoms with Crippen LogP contribution in [0.1, 0.15) is 45.6 Å². The van der Waals surface area contributed by atoms with Gasteiger partial charge in [-0.2, -0.15) is 0 Å². The molecule has 1 unspecified atom stereocenters. The molecule has 0 aromatic heterocycles. The van der Waals surface area contributed by atoms with Crippen LogP contribution < -0.4 is 14.8 Å². The van der Waals surface area contributed by atoms with E-state index in [1.807, 2.05) is 6.07 Å². The Morgan fingerprint density at radius 3 is 2.60 bits per heavy atom. The van der Waals surface area contributed by atoms with Gasteiger partial charge in [-0.05, 0) is 43.0 Å². The summed E-state index contributed by atoms with van der Waals surface area (Å²) < 4.78 is 11.3. The van der Waals surface area contributed by atoms with Gasteiger partial charge in [0.2, 0.25) is 0 Å². The topological polar surface area (TPSA) is 30.5 Å². The minimum absolute atomic E-state index is 0.579. The van der Waals surface area contributed by atoms with E-state index >= 15 is 0 Å². The smallest absolute Gasteiger partial charge is 0.161 e. The van der Waals surface area contributed by atoms with Gasteiger partial charge in [0.1, 0.15) is 0 Å². The lowest BCUT2D eigenvalue weighted by Crippen LogP contribution is -2.14. The average Bonchev–Trinajstić information content (AvgIpc) is 2.46. The fraction of sp³-hybridized carbons (Fsp3) is 0.647. The first-order chi connectivity index (χ1) is 9.71. The molecule has 1 N–H and O–H groups in total. The molecular weight excluding hydrogens is 250 g/mol. The summed E-state index contributed by atoms with van der Waals surface area (Å²) in [4.78, 5) is 0. The molecule has 0 bridgehead atoms. The number of nitrogens with one attached hydrogen (secondary N) is 1. The molecule has 0 saturated carbocycles. The molecule has 1 aromatic rings. The van der Waals surface area contributed by atoms with Crippen LogP contribution in [-0.4, -0.2) is 20.3 Å². The molecule has 0 aliphatic rings. The number of ether oxygens (including phenoxy) is 2. The average molecular weight is 279 g/mol. The lowest BCUT2D eigenvalue weighted by Gasteiger charge is -2.15. The van der Waals surface area contributed by atoms with Crippen molar-refractivity contribution in [2.24, 2.45) is 5.92 Å². The third-order valence-corrected chi connectivity index (χ3v) is 3.29. The van der Waals surface area contributed by atoms with Crippen molar-refractivity contribution in [1.82, 2.24) is 5.32 Å². The molecule has 20 heavy (non-hydrogen) atoms. The molecule has 3 nitrogen and oxygen atoms in total. The summed E-state index contributed by atoms with van der Waals surface area (Å²) in [7, 11) is 1.70. The predicted octanol–water partition coefficient (Wildman–Crippen LogP) is 4.01. The fourth-order valence-corrected chi connectivity index (χ4v) is 2.16. The summed E-state index contributed by atoms with van der Waals surface area (Å²) in [6.07, 6.45) is 3.54. The van der Waals surface area contributed by atoms with E-state index in [1.54, 1.807) is 7.11 Å². The third-order valence-electron chi connectivity index (χ3n) is 3.29. The number of hydrogen-bond donors (Lipinski definition) is 1. The van der Waals surface area contributed by atoms with Crippen molar-refractivity contribution in [2.75, 3.05) is 20.3 Å². The summed E-state index contributed by atoms with van der Waals surface area (Å²) >= 11 is 0. The Hall–Kier alpha value is -1.22. The van der Waals surface area contributed by atoms with Crippen molar-refractivity contribution in [3.63, 3.8) is 0 Å². The molecule has 0 saturated heterocycles. The highest BCUT2D eigenvalue weighted by Crippen LogP contribution is 2.28. The number of methoxy groups -OCH3 is 1. The first kappa shape index (κ1) is 16.8. The molecule has 1 atom stereocenters. The highest BCUT2D eigenvalue weighted by molar-refractivity contribution is 5.42. The second-order valence-electron chi connectivity index (χ2n) is 5.37. The lowest BCUT2D eigenvalue weighted by atomic mass is 10.1. The zero-order chi connectivity index (χ0) is 14.8. The van der Waals surface area contributed by atoms with Crippen molar-refractivity contribution < 1.29 is 9.47 Å². The van der Waals surface area contributed by atoms with Gasteiger partial charge in [0.25, 0.3) is 0 Å². The van der Waals surface area contributed by atoms with E-state index in [1.165, 1.54) is 18.4 Å². The van der Waals surface area contributed by atoms with E-state index in [2.05, 4.69) is 38.2 Å². The summed E-state index contributed by atoms with van der Waals surface area (Å²) in [6, 6.07) is 6.17. The standard InChI is InChI=1S/C17H29NO2/c1-5-7-14(3)13-20-16-9-8-15(11-17(16)19-4)12-18-10-6-2/h8-9,11,14,18H,5-7,10,12-13H2,1-4H3. The van der Waals surface area contributed by atoms with Gasteiger partial charge in [0.15, 0.2) is 11.5 Å². The summed E-state index contributed by atoms with van der Waals surface area (Å²) in [6.45, 7) is 9.25. The molecule has 114 valence electrons. The van der Waals surface area contributed by atoms with Crippen molar-refractivity contribution in [3.05, 3.63) is 23.8 Å². The molecule has 0 aliphatic heterocycles. The van der Waals surface area contributed by atoms with E-state index in [4.69, 9.17) is 9.47 Å². The SMILES string of the molecule is CCCNCc1ccc(OCC(C)CCC)c(OC)c1. The first-order valence-corrected chi connectivity index (χ1v) is 7.71. The zero-order valence-electron chi connectivity index (χ0n) is 13.4. The Kier molecular flexibility index (Phi) is 8.12. The molecule has 0 spiro atoms. The molecule has 0 fully saturated rings. The van der Waals surface area contributed by atoms with Crippen LogP contribution in [0.2, 0.25) is 0 Å². The maximum absolute atomic E-state index is 5.88. The van der Waals surface area contributed by atoms with E-state index in [0.29, 0.717) is 5.92 Å². The van der Waals surface area contributed by atoms with Gasteiger partial charge in [0, 0.05) is 6.54 Å². The molecule has 0 radical (unpaired) electrons. The van der Waals surface area contributed by atoms with E-state index in [9.17, 15) is 0 Å². The van der Waals surface area contributed by atoms with Gasteiger partial charge in [0.05, 0.1) is 13.7 Å². The third kappa shape index (κ3) is 5.83. The molecule has 1 rings (SSSR count). The minimum Gasteiger partial charge on any atom is -0.493 e. The van der Waals surface area contributed by atoms with Crippen molar-refractivity contribution in [3.8, 4) is 11.5 Å². The van der Waals surface area contributed by atoms with Gasteiger partial charge in [-0.15, -0.1) is 0 Å². The van der Waals surface area contributed by atoms with Gasteiger partial charge < -0.3 is 14.8 Å². The van der Waals surface area contributed by atoms with Crippen LogP contribution in [-0.2, 0) is 6.54 Å². The largest absolute Gasteiger partial charge is 0.493 e. The van der Waals surface area contributed by atoms with Crippen LogP contribution in [0.15, 0.2) is 18.2 Å². The lowest BCUT2D eigenvalue weighted by molar-refractivity contribution is 0.240. The molecule has 1 aromatic carbocycles. The van der Waals surface area contributed by atoms with Crippen LogP contribution in [0, 0.1) is 5.92 Å². The number of hydrogen-bond acceptors (Lipinski definition) is 3. The summed E-state index contributed by atoms with van der Waals surface area (Å²) in [5.74, 6) is 2.25. The van der Waals surface area contributed by atoms with Gasteiger partial charge >= 0.3 is 0 Å². The Balaban J connectivity index is 2.58. The van der Waals surface area contributed by atoms with Crippen molar-refractivity contribution in [2.45, 2.75) is 46.6 Å². The maximum Gasteiger partial charge on any atom is 0.161 e. The summed E-state index contributed by atoms with van der Waals surface area (Å²) in [5, 5.41) is 3.39. The molecule has 3 heteroatoms. The minimum atomic E-state index is 0.579. The molecular formula is C17H29NO2. The van der Waals surface area contributed by atoms with Crippen molar-refractivity contribution >= 4 is 0 Å². The zero-order valence-corrected chi connectivity index (χ0v) is 13.4. The Labute approximate surface area is 123 Å². The number of rotatable bonds is 10. The van der Waals surface area contributed by atoms with Crippen LogP contribution in [0.3, 0.4) is 0 Å². The quantitative estimate of drug-likeness (QED) is 0.656. The van der Waals surface area contributed by atoms with Crippen LogP contribution in [0.25, 0.3) is 0 Å². The van der Waals surface area contributed by atoms with E-state index in [-0.39, 0.29) is 0 Å². The Morgan fingerprint density at radius 1 is 1.15 bits per heavy atom. The monoisotopic (exact) mass is 279 g/mol. The Morgan fingerprint density at radius 2 is 1.95 bits per heavy atom. The van der Waals surface area contributed by atoms with Gasteiger partial charge in [-0.1, -0.05) is 33.3 Å². The fourth-order valence-electron chi connectivity index (χ4n) is 2.16. The van der Waals surface area contributed by atoms with Crippen molar-refractivity contribution in [1.29, 1.82) is 0 Å². The Bertz CT molecular complexity index is 379. The highest BCUT2D eigenvalue weighted by Gasteiger charge is 2.08. The predicted molar refractivity (Wildman–Crippen MR) is 84.6 cm³/mol. The normalized spacial score (nSPS) is 12.2. The summed E-state index contributed by atoms with van der Waals surface area (Å²) in [5.41, 5.74) is 1.23. The molecule has 0 heterocycles. The number of benzene rings is 1. The van der Waals surface area contributed by atoms with Crippen LogP contribution >= 0.6 is 0 Å². The second kappa shape index (κ2) is 9.65. The highest BCUT2D eigenvalue weighted by atomic mass is 16.5. The molecule has 0 aliphatic carbocycles. The maximum atomic E-state index is 5.88. The molecule has 0 amide bonds. The van der Waals surface area contributed by atoms with E-state index < -0.39 is 0 Å². The van der Waals surface area contributed by atoms with Gasteiger partial charge in [-0.25, -0.2) is 0 Å². The van der Waals surface area contributed by atoms with Crippen LogP contribution in [0.4, 0.5) is 0 Å². The first-order valence-electron chi connectivity index (χ1n) is 7.71. The van der Waals surface area contributed by atoms with Gasteiger partial charge in [-0.3, -0.25) is 0 Å². The van der Waals surface area contributed by atoms with E-state index in [0.717, 1.165) is 37.6 Å². The second-order valence-corrected chi connectivity index (χ2v) is 5.37.